The van der Waals surface area contributed by atoms with E-state index in [4.69, 9.17) is 27.9 Å². The maximum atomic E-state index is 14.2. The summed E-state index contributed by atoms with van der Waals surface area (Å²) in [5.41, 5.74) is 2.00. The first-order chi connectivity index (χ1) is 11.6. The van der Waals surface area contributed by atoms with E-state index in [0.717, 1.165) is 5.69 Å². The summed E-state index contributed by atoms with van der Waals surface area (Å²) in [5.74, 6) is -0.281. The Hall–Kier alpha value is -2.23. The first kappa shape index (κ1) is 16.6. The molecule has 0 unspecified atom stereocenters. The predicted molar refractivity (Wildman–Crippen MR) is 97.7 cm³/mol. The van der Waals surface area contributed by atoms with Crippen molar-refractivity contribution in [1.29, 1.82) is 0 Å². The molecule has 5 heteroatoms. The van der Waals surface area contributed by atoms with Crippen LogP contribution in [-0.4, -0.2) is 7.11 Å². The lowest BCUT2D eigenvalue weighted by atomic mass is 10.2. The van der Waals surface area contributed by atoms with E-state index >= 15 is 0 Å². The second-order valence-electron chi connectivity index (χ2n) is 5.06. The molecule has 3 rings (SSSR count). The van der Waals surface area contributed by atoms with Gasteiger partial charge in [0.25, 0.3) is 0 Å². The minimum atomic E-state index is -0.459. The summed E-state index contributed by atoms with van der Waals surface area (Å²) in [4.78, 5) is 1.81. The number of hydrogen-bond acceptors (Lipinski definition) is 2. The summed E-state index contributed by atoms with van der Waals surface area (Å²) in [7, 11) is 1.43. The van der Waals surface area contributed by atoms with Crippen molar-refractivity contribution < 1.29 is 9.13 Å². The smallest absolute Gasteiger partial charge is 0.167 e. The van der Waals surface area contributed by atoms with Crippen molar-refractivity contribution >= 4 is 40.3 Å². The second kappa shape index (κ2) is 7.12. The van der Waals surface area contributed by atoms with Gasteiger partial charge < -0.3 is 9.64 Å². The highest BCUT2D eigenvalue weighted by Crippen LogP contribution is 2.43. The molecule has 0 amide bonds. The first-order valence-corrected chi connectivity index (χ1v) is 8.00. The number of halogens is 3. The molecular formula is C19H14Cl2FNO. The molecule has 0 saturated carbocycles. The van der Waals surface area contributed by atoms with Crippen molar-refractivity contribution in [2.45, 2.75) is 0 Å². The van der Waals surface area contributed by atoms with Crippen molar-refractivity contribution in [3.8, 4) is 5.75 Å². The highest BCUT2D eigenvalue weighted by molar-refractivity contribution is 6.39. The lowest BCUT2D eigenvalue weighted by Crippen LogP contribution is -2.11. The quantitative estimate of drug-likeness (QED) is 0.518. The van der Waals surface area contributed by atoms with E-state index in [2.05, 4.69) is 0 Å². The molecule has 0 saturated heterocycles. The van der Waals surface area contributed by atoms with Crippen LogP contribution in [0.4, 0.5) is 21.5 Å². The van der Waals surface area contributed by atoms with E-state index in [9.17, 15) is 4.39 Å². The van der Waals surface area contributed by atoms with Crippen molar-refractivity contribution in [1.82, 2.24) is 0 Å². The topological polar surface area (TPSA) is 12.5 Å². The van der Waals surface area contributed by atoms with Crippen molar-refractivity contribution in [2.75, 3.05) is 12.0 Å². The standard InChI is InChI=1S/C19H14Cl2FNO/c1-24-18-11-10-14(12-17(18)22)23(13-6-3-2-4-7-13)19-15(20)8-5-9-16(19)21/h2-12H,1H3. The highest BCUT2D eigenvalue weighted by Gasteiger charge is 2.19. The Bertz CT molecular complexity index is 835. The average molecular weight is 362 g/mol. The molecule has 3 aromatic rings. The molecule has 0 aliphatic carbocycles. The Morgan fingerprint density at radius 2 is 1.50 bits per heavy atom. The first-order valence-electron chi connectivity index (χ1n) is 7.24. The fraction of sp³-hybridized carbons (Fsp3) is 0.0526. The number of benzene rings is 3. The number of anilines is 3. The Balaban J connectivity index is 2.22. The summed E-state index contributed by atoms with van der Waals surface area (Å²) >= 11 is 12.8. The zero-order valence-electron chi connectivity index (χ0n) is 12.8. The van der Waals surface area contributed by atoms with Gasteiger partial charge in [-0.1, -0.05) is 47.5 Å². The molecular weight excluding hydrogens is 348 g/mol. The van der Waals surface area contributed by atoms with E-state index < -0.39 is 5.82 Å². The van der Waals surface area contributed by atoms with Gasteiger partial charge in [0.15, 0.2) is 11.6 Å². The van der Waals surface area contributed by atoms with Gasteiger partial charge >= 0.3 is 0 Å². The number of nitrogens with zero attached hydrogens (tertiary/aromatic N) is 1. The van der Waals surface area contributed by atoms with E-state index in [1.54, 1.807) is 30.3 Å². The molecule has 0 N–H and O–H groups in total. The molecule has 0 fully saturated rings. The van der Waals surface area contributed by atoms with E-state index in [1.165, 1.54) is 13.2 Å². The summed E-state index contributed by atoms with van der Waals surface area (Å²) < 4.78 is 19.2. The minimum absolute atomic E-state index is 0.178. The van der Waals surface area contributed by atoms with Crippen LogP contribution in [0.1, 0.15) is 0 Å². The van der Waals surface area contributed by atoms with Gasteiger partial charge in [-0.25, -0.2) is 4.39 Å². The number of rotatable bonds is 4. The van der Waals surface area contributed by atoms with Crippen LogP contribution in [0.3, 0.4) is 0 Å². The Morgan fingerprint density at radius 3 is 2.08 bits per heavy atom. The molecule has 0 bridgehead atoms. The maximum Gasteiger partial charge on any atom is 0.167 e. The normalized spacial score (nSPS) is 10.5. The van der Waals surface area contributed by atoms with Crippen LogP contribution >= 0.6 is 23.2 Å². The molecule has 0 aromatic heterocycles. The fourth-order valence-corrected chi connectivity index (χ4v) is 3.05. The molecule has 0 aliphatic heterocycles. The molecule has 0 atom stereocenters. The van der Waals surface area contributed by atoms with Crippen LogP contribution in [-0.2, 0) is 0 Å². The summed E-state index contributed by atoms with van der Waals surface area (Å²) in [6.07, 6.45) is 0. The third kappa shape index (κ3) is 3.18. The van der Waals surface area contributed by atoms with Crippen LogP contribution in [0.15, 0.2) is 66.7 Å². The summed E-state index contributed by atoms with van der Waals surface area (Å²) in [6, 6.07) is 19.5. The molecule has 24 heavy (non-hydrogen) atoms. The monoisotopic (exact) mass is 361 g/mol. The molecule has 0 heterocycles. The van der Waals surface area contributed by atoms with Crippen molar-refractivity contribution in [2.24, 2.45) is 0 Å². The lowest BCUT2D eigenvalue weighted by molar-refractivity contribution is 0.386. The average Bonchev–Trinajstić information content (AvgIpc) is 2.59. The zero-order chi connectivity index (χ0) is 17.1. The Morgan fingerprint density at radius 1 is 0.833 bits per heavy atom. The SMILES string of the molecule is COc1ccc(N(c2ccccc2)c2c(Cl)cccc2Cl)cc1F. The summed E-state index contributed by atoms with van der Waals surface area (Å²) in [6.45, 7) is 0. The van der Waals surface area contributed by atoms with Crippen LogP contribution < -0.4 is 9.64 Å². The van der Waals surface area contributed by atoms with Gasteiger partial charge in [0.05, 0.1) is 22.8 Å². The third-order valence-electron chi connectivity index (χ3n) is 3.57. The minimum Gasteiger partial charge on any atom is -0.494 e. The van der Waals surface area contributed by atoms with Gasteiger partial charge in [-0.05, 0) is 36.4 Å². The van der Waals surface area contributed by atoms with Gasteiger partial charge in [-0.3, -0.25) is 0 Å². The number of para-hydroxylation sites is 2. The van der Waals surface area contributed by atoms with Crippen molar-refractivity contribution in [3.05, 3.63) is 82.6 Å². The molecule has 0 spiro atoms. The number of methoxy groups -OCH3 is 1. The predicted octanol–water partition coefficient (Wildman–Crippen LogP) is 6.61. The van der Waals surface area contributed by atoms with Crippen LogP contribution in [0, 0.1) is 5.82 Å². The molecule has 2 nitrogen and oxygen atoms in total. The fourth-order valence-electron chi connectivity index (χ4n) is 2.48. The molecule has 3 aromatic carbocycles. The molecule has 0 aliphatic rings. The highest BCUT2D eigenvalue weighted by atomic mass is 35.5. The maximum absolute atomic E-state index is 14.2. The largest absolute Gasteiger partial charge is 0.494 e. The van der Waals surface area contributed by atoms with Crippen LogP contribution in [0.25, 0.3) is 0 Å². The van der Waals surface area contributed by atoms with E-state index in [0.29, 0.717) is 21.4 Å². The Kier molecular flexibility index (Phi) is 4.93. The van der Waals surface area contributed by atoms with Gasteiger partial charge in [0.1, 0.15) is 0 Å². The third-order valence-corrected chi connectivity index (χ3v) is 4.18. The van der Waals surface area contributed by atoms with E-state index in [1.807, 2.05) is 35.2 Å². The van der Waals surface area contributed by atoms with Crippen LogP contribution in [0.5, 0.6) is 5.75 Å². The molecule has 122 valence electrons. The number of ether oxygens (including phenoxy) is 1. The van der Waals surface area contributed by atoms with Gasteiger partial charge in [0, 0.05) is 17.4 Å². The summed E-state index contributed by atoms with van der Waals surface area (Å²) in [5, 5.41) is 0.949. The van der Waals surface area contributed by atoms with Gasteiger partial charge in [-0.15, -0.1) is 0 Å². The van der Waals surface area contributed by atoms with Gasteiger partial charge in [0.2, 0.25) is 0 Å². The zero-order valence-corrected chi connectivity index (χ0v) is 14.4. The van der Waals surface area contributed by atoms with E-state index in [-0.39, 0.29) is 5.75 Å². The van der Waals surface area contributed by atoms with Crippen molar-refractivity contribution in [3.63, 3.8) is 0 Å². The molecule has 0 radical (unpaired) electrons. The Labute approximate surface area is 150 Å². The second-order valence-corrected chi connectivity index (χ2v) is 5.87. The van der Waals surface area contributed by atoms with Gasteiger partial charge in [-0.2, -0.15) is 0 Å². The number of hydrogen-bond donors (Lipinski definition) is 0. The lowest BCUT2D eigenvalue weighted by Gasteiger charge is -2.27. The van der Waals surface area contributed by atoms with Crippen LogP contribution in [0.2, 0.25) is 10.0 Å².